The van der Waals surface area contributed by atoms with Gasteiger partial charge in [-0.1, -0.05) is 19.3 Å². The van der Waals surface area contributed by atoms with Crippen molar-refractivity contribution in [1.29, 1.82) is 0 Å². The summed E-state index contributed by atoms with van der Waals surface area (Å²) in [5.41, 5.74) is 0.241. The number of rotatable bonds is 3. The number of β-amino-alcohol motifs (C(OH)–C–C–N with tert-alkyl or cyclic N) is 1. The summed E-state index contributed by atoms with van der Waals surface area (Å²) in [4.78, 5) is 4.88. The minimum Gasteiger partial charge on any atom is -0.392 e. The molecule has 1 heterocycles. The molecule has 2 fully saturated rings. The van der Waals surface area contributed by atoms with Gasteiger partial charge in [-0.3, -0.25) is 9.80 Å². The number of likely N-dealkylation sites (N-methyl/N-ethyl adjacent to an activating group) is 1. The third-order valence-corrected chi connectivity index (χ3v) is 5.03. The Bertz CT molecular complexity index is 261. The summed E-state index contributed by atoms with van der Waals surface area (Å²) in [6.07, 6.45) is 6.36. The van der Waals surface area contributed by atoms with Crippen LogP contribution in [0.5, 0.6) is 0 Å². The Balaban J connectivity index is 1.82. The van der Waals surface area contributed by atoms with Crippen molar-refractivity contribution >= 4 is 0 Å². The molecule has 0 spiro atoms. The lowest BCUT2D eigenvalue weighted by atomic mass is 9.85. The molecule has 0 aromatic heterocycles. The third kappa shape index (κ3) is 3.46. The average molecular weight is 254 g/mol. The number of aliphatic hydroxyl groups is 1. The molecule has 18 heavy (non-hydrogen) atoms. The molecular weight excluding hydrogens is 224 g/mol. The summed E-state index contributed by atoms with van der Waals surface area (Å²) < 4.78 is 0. The van der Waals surface area contributed by atoms with Crippen molar-refractivity contribution in [1.82, 2.24) is 9.80 Å². The van der Waals surface area contributed by atoms with Gasteiger partial charge in [0.1, 0.15) is 0 Å². The highest BCUT2D eigenvalue weighted by Gasteiger charge is 2.33. The SMILES string of the molecule is CN1CCN(CC(O)C2CCCCC2)CC1(C)C. The van der Waals surface area contributed by atoms with Crippen molar-refractivity contribution < 1.29 is 5.11 Å². The smallest absolute Gasteiger partial charge is 0.0695 e. The largest absolute Gasteiger partial charge is 0.392 e. The van der Waals surface area contributed by atoms with Crippen LogP contribution >= 0.6 is 0 Å². The number of hydrogen-bond donors (Lipinski definition) is 1. The van der Waals surface area contributed by atoms with E-state index in [0.29, 0.717) is 5.92 Å². The van der Waals surface area contributed by atoms with E-state index in [-0.39, 0.29) is 11.6 Å². The molecule has 1 N–H and O–H groups in total. The molecule has 2 rings (SSSR count). The van der Waals surface area contributed by atoms with Gasteiger partial charge in [-0.15, -0.1) is 0 Å². The Morgan fingerprint density at radius 3 is 2.44 bits per heavy atom. The minimum atomic E-state index is -0.107. The van der Waals surface area contributed by atoms with Crippen LogP contribution in [-0.2, 0) is 0 Å². The standard InChI is InChI=1S/C15H30N2O/c1-15(2)12-17(10-9-16(15)3)11-14(18)13-7-5-4-6-8-13/h13-14,18H,4-12H2,1-3H3. The lowest BCUT2D eigenvalue weighted by molar-refractivity contribution is -0.00554. The molecule has 0 aromatic rings. The monoisotopic (exact) mass is 254 g/mol. The molecule has 0 aromatic carbocycles. The molecule has 3 nitrogen and oxygen atoms in total. The van der Waals surface area contributed by atoms with Crippen molar-refractivity contribution in [3.8, 4) is 0 Å². The zero-order valence-electron chi connectivity index (χ0n) is 12.4. The van der Waals surface area contributed by atoms with Gasteiger partial charge in [0.2, 0.25) is 0 Å². The Morgan fingerprint density at radius 1 is 1.17 bits per heavy atom. The molecule has 0 bridgehead atoms. The van der Waals surface area contributed by atoms with Crippen LogP contribution in [0.25, 0.3) is 0 Å². The summed E-state index contributed by atoms with van der Waals surface area (Å²) in [7, 11) is 2.20. The number of hydrogen-bond acceptors (Lipinski definition) is 3. The number of nitrogens with zero attached hydrogens (tertiary/aromatic N) is 2. The highest BCUT2D eigenvalue weighted by atomic mass is 16.3. The predicted molar refractivity (Wildman–Crippen MR) is 75.7 cm³/mol. The second-order valence-electron chi connectivity index (χ2n) is 6.93. The molecule has 1 atom stereocenters. The van der Waals surface area contributed by atoms with Gasteiger partial charge in [0, 0.05) is 31.7 Å². The van der Waals surface area contributed by atoms with Gasteiger partial charge in [0.15, 0.2) is 0 Å². The van der Waals surface area contributed by atoms with E-state index in [1.54, 1.807) is 0 Å². The van der Waals surface area contributed by atoms with E-state index in [0.717, 1.165) is 26.2 Å². The van der Waals surface area contributed by atoms with E-state index in [1.807, 2.05) is 0 Å². The van der Waals surface area contributed by atoms with Gasteiger partial charge in [-0.2, -0.15) is 0 Å². The Morgan fingerprint density at radius 2 is 1.83 bits per heavy atom. The summed E-state index contributed by atoms with van der Waals surface area (Å²) in [6.45, 7) is 8.77. The fraction of sp³-hybridized carbons (Fsp3) is 1.00. The second kappa shape index (κ2) is 5.89. The van der Waals surface area contributed by atoms with Gasteiger partial charge in [-0.25, -0.2) is 0 Å². The first-order valence-corrected chi connectivity index (χ1v) is 7.61. The Kier molecular flexibility index (Phi) is 4.68. The first kappa shape index (κ1) is 14.3. The summed E-state index contributed by atoms with van der Waals surface area (Å²) in [6, 6.07) is 0. The quantitative estimate of drug-likeness (QED) is 0.834. The van der Waals surface area contributed by atoms with E-state index < -0.39 is 0 Å². The van der Waals surface area contributed by atoms with Crippen LogP contribution in [0.3, 0.4) is 0 Å². The van der Waals surface area contributed by atoms with E-state index in [4.69, 9.17) is 0 Å². The maximum Gasteiger partial charge on any atom is 0.0695 e. The first-order valence-electron chi connectivity index (χ1n) is 7.61. The fourth-order valence-electron chi connectivity index (χ4n) is 3.43. The van der Waals surface area contributed by atoms with E-state index in [9.17, 15) is 5.11 Å². The van der Waals surface area contributed by atoms with Gasteiger partial charge in [-0.05, 0) is 39.7 Å². The molecule has 2 aliphatic rings. The lowest BCUT2D eigenvalue weighted by Crippen LogP contribution is -2.58. The predicted octanol–water partition coefficient (Wildman–Crippen LogP) is 1.95. The van der Waals surface area contributed by atoms with Crippen molar-refractivity contribution in [2.45, 2.75) is 57.6 Å². The van der Waals surface area contributed by atoms with Crippen LogP contribution in [0.1, 0.15) is 46.0 Å². The van der Waals surface area contributed by atoms with Crippen molar-refractivity contribution in [3.05, 3.63) is 0 Å². The molecule has 1 aliphatic heterocycles. The van der Waals surface area contributed by atoms with Crippen LogP contribution in [-0.4, -0.2) is 59.8 Å². The van der Waals surface area contributed by atoms with E-state index >= 15 is 0 Å². The molecule has 1 aliphatic carbocycles. The minimum absolute atomic E-state index is 0.107. The molecule has 3 heteroatoms. The highest BCUT2D eigenvalue weighted by molar-refractivity contribution is 4.89. The topological polar surface area (TPSA) is 26.7 Å². The molecule has 1 saturated carbocycles. The van der Waals surface area contributed by atoms with Gasteiger partial charge in [0.05, 0.1) is 6.10 Å². The van der Waals surface area contributed by atoms with E-state index in [1.165, 1.54) is 32.1 Å². The summed E-state index contributed by atoms with van der Waals surface area (Å²) in [5, 5.41) is 10.4. The third-order valence-electron chi connectivity index (χ3n) is 5.03. The second-order valence-corrected chi connectivity index (χ2v) is 6.93. The summed E-state index contributed by atoms with van der Waals surface area (Å²) >= 11 is 0. The molecule has 0 amide bonds. The fourth-order valence-corrected chi connectivity index (χ4v) is 3.43. The highest BCUT2D eigenvalue weighted by Crippen LogP contribution is 2.27. The van der Waals surface area contributed by atoms with Crippen molar-refractivity contribution in [2.24, 2.45) is 5.92 Å². The van der Waals surface area contributed by atoms with E-state index in [2.05, 4.69) is 30.7 Å². The lowest BCUT2D eigenvalue weighted by Gasteiger charge is -2.46. The summed E-state index contributed by atoms with van der Waals surface area (Å²) in [5.74, 6) is 0.557. The maximum absolute atomic E-state index is 10.4. The van der Waals surface area contributed by atoms with Crippen molar-refractivity contribution in [2.75, 3.05) is 33.2 Å². The van der Waals surface area contributed by atoms with Gasteiger partial charge < -0.3 is 5.11 Å². The molecule has 0 radical (unpaired) electrons. The van der Waals surface area contributed by atoms with Gasteiger partial charge in [0.25, 0.3) is 0 Å². The molecular formula is C15H30N2O. The van der Waals surface area contributed by atoms with Crippen LogP contribution in [0.2, 0.25) is 0 Å². The first-order chi connectivity index (χ1) is 8.49. The Labute approximate surface area is 112 Å². The van der Waals surface area contributed by atoms with Crippen LogP contribution in [0.15, 0.2) is 0 Å². The van der Waals surface area contributed by atoms with Gasteiger partial charge >= 0.3 is 0 Å². The Hall–Kier alpha value is -0.120. The normalized spacial score (nSPS) is 29.3. The van der Waals surface area contributed by atoms with Crippen molar-refractivity contribution in [3.63, 3.8) is 0 Å². The number of aliphatic hydroxyl groups excluding tert-OH is 1. The zero-order valence-corrected chi connectivity index (χ0v) is 12.4. The molecule has 1 saturated heterocycles. The maximum atomic E-state index is 10.4. The number of piperazine rings is 1. The van der Waals surface area contributed by atoms with Crippen LogP contribution in [0, 0.1) is 5.92 Å². The zero-order chi connectivity index (χ0) is 13.2. The van der Waals surface area contributed by atoms with Crippen LogP contribution < -0.4 is 0 Å². The molecule has 106 valence electrons. The van der Waals surface area contributed by atoms with Crippen LogP contribution in [0.4, 0.5) is 0 Å². The molecule has 1 unspecified atom stereocenters. The average Bonchev–Trinajstić information content (AvgIpc) is 2.34.